The van der Waals surface area contributed by atoms with Crippen molar-refractivity contribution in [2.75, 3.05) is 0 Å². The van der Waals surface area contributed by atoms with Crippen molar-refractivity contribution in [1.29, 1.82) is 0 Å². The van der Waals surface area contributed by atoms with Crippen LogP contribution in [0.25, 0.3) is 82.5 Å². The molecule has 0 N–H and O–H groups in total. The second-order valence-corrected chi connectivity index (χ2v) is 16.4. The van der Waals surface area contributed by atoms with Crippen LogP contribution < -0.4 is 0 Å². The Morgan fingerprint density at radius 2 is 0.688 bits per heavy atom. The molecule has 3 aromatic heterocycles. The molecular formula is C55H49N9. The van der Waals surface area contributed by atoms with Gasteiger partial charge in [0.1, 0.15) is 33.1 Å². The van der Waals surface area contributed by atoms with Gasteiger partial charge in [-0.1, -0.05) is 115 Å². The molecule has 9 heteroatoms. The Bertz CT molecular complexity index is 3620. The predicted octanol–water partition coefficient (Wildman–Crippen LogP) is 13.2. The van der Waals surface area contributed by atoms with Crippen LogP contribution in [-0.4, -0.2) is 45.0 Å². The summed E-state index contributed by atoms with van der Waals surface area (Å²) in [6.07, 6.45) is 0. The van der Waals surface area contributed by atoms with Crippen molar-refractivity contribution < 1.29 is 0 Å². The van der Waals surface area contributed by atoms with Crippen molar-refractivity contribution in [3.8, 4) is 17.1 Å². The fraction of sp³-hybridized carbons (Fsp3) is 0.127. The van der Waals surface area contributed by atoms with Gasteiger partial charge in [-0.2, -0.15) is 14.4 Å². The minimum Gasteiger partial charge on any atom is -0.150 e. The highest BCUT2D eigenvalue weighted by molar-refractivity contribution is 6.11. The van der Waals surface area contributed by atoms with Crippen LogP contribution in [0.2, 0.25) is 0 Å². The summed E-state index contributed by atoms with van der Waals surface area (Å²) in [5.74, 6) is 0. The van der Waals surface area contributed by atoms with Gasteiger partial charge in [0, 0.05) is 10.8 Å². The first-order valence-corrected chi connectivity index (χ1v) is 21.1. The Kier molecular flexibility index (Phi) is 11.0. The summed E-state index contributed by atoms with van der Waals surface area (Å²) in [5.41, 5.74) is 16.0. The summed E-state index contributed by atoms with van der Waals surface area (Å²) in [5, 5.41) is 35.0. The molecule has 0 saturated carbocycles. The molecule has 0 amide bonds. The quantitative estimate of drug-likeness (QED) is 0.165. The molecule has 12 rings (SSSR count). The fourth-order valence-corrected chi connectivity index (χ4v) is 7.98. The second kappa shape index (κ2) is 17.0. The molecule has 0 radical (unpaired) electrons. The van der Waals surface area contributed by atoms with Crippen molar-refractivity contribution >= 4 is 65.4 Å². The molecule has 0 bridgehead atoms. The van der Waals surface area contributed by atoms with Gasteiger partial charge < -0.3 is 0 Å². The molecule has 0 atom stereocenters. The minimum absolute atomic E-state index is 0. The first-order valence-electron chi connectivity index (χ1n) is 21.1. The summed E-state index contributed by atoms with van der Waals surface area (Å²) in [6.45, 7) is 12.5. The highest BCUT2D eigenvalue weighted by Gasteiger charge is 2.13. The van der Waals surface area contributed by atoms with E-state index in [1.165, 1.54) is 54.9 Å². The molecule has 0 unspecified atom stereocenters. The van der Waals surface area contributed by atoms with Gasteiger partial charge in [0.25, 0.3) is 0 Å². The Morgan fingerprint density at radius 1 is 0.297 bits per heavy atom. The van der Waals surface area contributed by atoms with Gasteiger partial charge in [-0.25, -0.2) is 0 Å². The van der Waals surface area contributed by atoms with E-state index in [1.54, 1.807) is 14.4 Å². The van der Waals surface area contributed by atoms with E-state index in [9.17, 15) is 0 Å². The Morgan fingerprint density at radius 3 is 1.22 bits per heavy atom. The summed E-state index contributed by atoms with van der Waals surface area (Å²) >= 11 is 0. The third-order valence-electron chi connectivity index (χ3n) is 11.5. The van der Waals surface area contributed by atoms with E-state index in [4.69, 9.17) is 10.2 Å². The highest BCUT2D eigenvalue weighted by atomic mass is 15.5. The number of hydrogen-bond donors (Lipinski definition) is 0. The lowest BCUT2D eigenvalue weighted by atomic mass is 9.99. The van der Waals surface area contributed by atoms with E-state index >= 15 is 0 Å². The normalized spacial score (nSPS) is 11.2. The van der Waals surface area contributed by atoms with Crippen molar-refractivity contribution in [2.24, 2.45) is 0 Å². The molecule has 3 heterocycles. The molecule has 0 spiro atoms. The zero-order valence-electron chi connectivity index (χ0n) is 36.1. The van der Waals surface area contributed by atoms with Gasteiger partial charge in [0.05, 0.1) is 17.1 Å². The lowest BCUT2D eigenvalue weighted by Gasteiger charge is -2.05. The Hall–Kier alpha value is -8.04. The number of rotatable bonds is 3. The number of benzene rings is 9. The number of aryl methyl sites for hydroxylation is 6. The van der Waals surface area contributed by atoms with Gasteiger partial charge in [-0.15, -0.1) is 30.6 Å². The third-order valence-corrected chi connectivity index (χ3v) is 11.5. The van der Waals surface area contributed by atoms with Crippen LogP contribution in [0.1, 0.15) is 40.8 Å². The molecule has 0 aliphatic carbocycles. The molecule has 0 fully saturated rings. The average molecular weight is 836 g/mol. The molecule has 0 aliphatic rings. The minimum atomic E-state index is 0. The number of nitrogens with zero attached hydrogens (tertiary/aromatic N) is 9. The maximum absolute atomic E-state index is 4.79. The summed E-state index contributed by atoms with van der Waals surface area (Å²) in [6, 6.07) is 56.3. The van der Waals surface area contributed by atoms with Crippen LogP contribution in [0.4, 0.5) is 0 Å². The molecule has 9 aromatic carbocycles. The molecule has 314 valence electrons. The Labute approximate surface area is 372 Å². The fourth-order valence-electron chi connectivity index (χ4n) is 7.98. The van der Waals surface area contributed by atoms with E-state index in [0.717, 1.165) is 60.9 Å². The van der Waals surface area contributed by atoms with E-state index in [-0.39, 0.29) is 7.43 Å². The van der Waals surface area contributed by atoms with E-state index in [0.29, 0.717) is 0 Å². The van der Waals surface area contributed by atoms with Crippen molar-refractivity contribution in [3.63, 3.8) is 0 Å². The molecule has 9 nitrogen and oxygen atoms in total. The van der Waals surface area contributed by atoms with Crippen LogP contribution in [0.3, 0.4) is 0 Å². The monoisotopic (exact) mass is 835 g/mol. The van der Waals surface area contributed by atoms with Crippen LogP contribution in [0, 0.1) is 41.5 Å². The van der Waals surface area contributed by atoms with Gasteiger partial charge in [-0.05, 0) is 153 Å². The SMILES string of the molecule is C.Cc1ccc(-n2nc3cc(C)c4cc5ccccc5cc4c3n2)cc1.Cc1ccc(-n2nc3cc(C)c4ccccc4c3n2)cc1.Cc1ccc(-n2nc3ccc(C)cc3n2)cc1. The molecule has 0 aliphatic heterocycles. The predicted molar refractivity (Wildman–Crippen MR) is 264 cm³/mol. The molecular weight excluding hydrogens is 787 g/mol. The molecule has 0 saturated heterocycles. The molecule has 12 aromatic rings. The lowest BCUT2D eigenvalue weighted by Crippen LogP contribution is -1.97. The van der Waals surface area contributed by atoms with Gasteiger partial charge in [0.2, 0.25) is 0 Å². The number of aromatic nitrogens is 9. The summed E-state index contributed by atoms with van der Waals surface area (Å²) < 4.78 is 0. The Balaban J connectivity index is 0.000000123. The zero-order valence-corrected chi connectivity index (χ0v) is 36.1. The first kappa shape index (κ1) is 41.3. The zero-order chi connectivity index (χ0) is 43.2. The van der Waals surface area contributed by atoms with Crippen LogP contribution in [0.15, 0.2) is 164 Å². The third kappa shape index (κ3) is 8.07. The van der Waals surface area contributed by atoms with Gasteiger partial charge in [-0.3, -0.25) is 0 Å². The number of hydrogen-bond acceptors (Lipinski definition) is 6. The van der Waals surface area contributed by atoms with E-state index < -0.39 is 0 Å². The van der Waals surface area contributed by atoms with Gasteiger partial charge >= 0.3 is 0 Å². The topological polar surface area (TPSA) is 92.1 Å². The van der Waals surface area contributed by atoms with E-state index in [1.807, 2.05) is 42.5 Å². The van der Waals surface area contributed by atoms with Crippen LogP contribution in [0.5, 0.6) is 0 Å². The maximum atomic E-state index is 4.79. The largest absolute Gasteiger partial charge is 0.150 e. The van der Waals surface area contributed by atoms with Gasteiger partial charge in [0.15, 0.2) is 0 Å². The second-order valence-electron chi connectivity index (χ2n) is 16.4. The average Bonchev–Trinajstić information content (AvgIpc) is 4.05. The highest BCUT2D eigenvalue weighted by Crippen LogP contribution is 2.31. The van der Waals surface area contributed by atoms with E-state index in [2.05, 4.69) is 183 Å². The summed E-state index contributed by atoms with van der Waals surface area (Å²) in [4.78, 5) is 5.14. The number of fused-ring (bicyclic) bond motifs is 8. The van der Waals surface area contributed by atoms with Crippen molar-refractivity contribution in [3.05, 3.63) is 197 Å². The molecule has 64 heavy (non-hydrogen) atoms. The van der Waals surface area contributed by atoms with Crippen molar-refractivity contribution in [1.82, 2.24) is 45.0 Å². The lowest BCUT2D eigenvalue weighted by molar-refractivity contribution is 0.765. The smallest absolute Gasteiger partial charge is 0.121 e. The summed E-state index contributed by atoms with van der Waals surface area (Å²) in [7, 11) is 0. The standard InChI is InChI=1S/C22H17N3.C18H15N3.C14H13N3.CH4/c1-14-7-9-18(10-8-14)25-23-21-11-15(2)19-12-16-5-3-4-6-17(16)13-20(19)22(21)24-25;1-12-7-9-14(10-8-12)21-19-17-11-13(2)15-5-3-4-6-16(15)18(17)20-21;1-10-3-6-12(7-4-10)17-15-13-8-5-11(2)9-14(13)16-17;/h3-13H,1-2H3;3-11H,1-2H3;3-9H,1-2H3;1H4. The maximum Gasteiger partial charge on any atom is 0.121 e. The van der Waals surface area contributed by atoms with Crippen LogP contribution >= 0.6 is 0 Å². The van der Waals surface area contributed by atoms with Crippen LogP contribution in [-0.2, 0) is 0 Å². The van der Waals surface area contributed by atoms with Crippen molar-refractivity contribution in [2.45, 2.75) is 49.0 Å². The first-order chi connectivity index (χ1) is 30.6.